The van der Waals surface area contributed by atoms with Crippen LogP contribution in [0.5, 0.6) is 0 Å². The number of nitrogens with zero attached hydrogens (tertiary/aromatic N) is 2. The predicted molar refractivity (Wildman–Crippen MR) is 110 cm³/mol. The Morgan fingerprint density at radius 1 is 1.13 bits per heavy atom. The molecule has 0 fully saturated rings. The second-order valence-corrected chi connectivity index (χ2v) is 6.56. The molecule has 0 saturated heterocycles. The standard InChI is InChI=1S/C22H17FN4O3/c23-17-8-4-5-9-18(17)26-21(28)16-13-24-27-15(11-10-14-6-2-1-3-7-14)12-19(22(29)30)25-20(16)27/h1-13,15,25H,(H,26,28)(H,29,30). The van der Waals surface area contributed by atoms with Crippen LogP contribution in [0.15, 0.2) is 78.6 Å². The van der Waals surface area contributed by atoms with Gasteiger partial charge in [0.15, 0.2) is 0 Å². The number of anilines is 2. The number of carbonyl (C=O) groups excluding carboxylic acids is 1. The summed E-state index contributed by atoms with van der Waals surface area (Å²) < 4.78 is 15.4. The lowest BCUT2D eigenvalue weighted by Crippen LogP contribution is -2.24. The maximum atomic E-state index is 13.9. The van der Waals surface area contributed by atoms with Crippen molar-refractivity contribution < 1.29 is 19.1 Å². The van der Waals surface area contributed by atoms with E-state index in [-0.39, 0.29) is 22.8 Å². The van der Waals surface area contributed by atoms with E-state index in [2.05, 4.69) is 15.7 Å². The van der Waals surface area contributed by atoms with Gasteiger partial charge in [0, 0.05) is 0 Å². The van der Waals surface area contributed by atoms with Gasteiger partial charge < -0.3 is 15.7 Å². The van der Waals surface area contributed by atoms with Crippen molar-refractivity contribution in [2.45, 2.75) is 6.04 Å². The summed E-state index contributed by atoms with van der Waals surface area (Å²) in [7, 11) is 0. The molecular formula is C22H17FN4O3. The first kappa shape index (κ1) is 19.1. The number of para-hydroxylation sites is 1. The zero-order valence-corrected chi connectivity index (χ0v) is 15.6. The summed E-state index contributed by atoms with van der Waals surface area (Å²) in [5.41, 5.74) is 0.981. The molecule has 150 valence electrons. The molecule has 0 bridgehead atoms. The van der Waals surface area contributed by atoms with Crippen LogP contribution in [0.1, 0.15) is 22.0 Å². The maximum absolute atomic E-state index is 13.9. The van der Waals surface area contributed by atoms with Gasteiger partial charge in [-0.15, -0.1) is 0 Å². The Kier molecular flexibility index (Phi) is 5.13. The van der Waals surface area contributed by atoms with Gasteiger partial charge in [0.2, 0.25) is 0 Å². The van der Waals surface area contributed by atoms with Crippen LogP contribution in [0.2, 0.25) is 0 Å². The van der Waals surface area contributed by atoms with Crippen LogP contribution in [0, 0.1) is 5.82 Å². The Hall–Kier alpha value is -4.20. The van der Waals surface area contributed by atoms with Gasteiger partial charge in [-0.3, -0.25) is 4.79 Å². The average molecular weight is 404 g/mol. The second-order valence-electron chi connectivity index (χ2n) is 6.56. The summed E-state index contributed by atoms with van der Waals surface area (Å²) in [6.07, 6.45) is 6.45. The summed E-state index contributed by atoms with van der Waals surface area (Å²) >= 11 is 0. The number of allylic oxidation sites excluding steroid dienone is 2. The van der Waals surface area contributed by atoms with E-state index in [9.17, 15) is 19.1 Å². The van der Waals surface area contributed by atoms with Crippen LogP contribution < -0.4 is 10.6 Å². The molecule has 1 aliphatic rings. The quantitative estimate of drug-likeness (QED) is 0.599. The Balaban J connectivity index is 1.66. The lowest BCUT2D eigenvalue weighted by Gasteiger charge is -2.22. The van der Waals surface area contributed by atoms with Gasteiger partial charge in [0.25, 0.3) is 5.91 Å². The van der Waals surface area contributed by atoms with Crippen molar-refractivity contribution in [2.24, 2.45) is 0 Å². The molecule has 4 rings (SSSR count). The molecule has 30 heavy (non-hydrogen) atoms. The molecule has 0 spiro atoms. The van der Waals surface area contributed by atoms with E-state index < -0.39 is 23.7 Å². The van der Waals surface area contributed by atoms with Gasteiger partial charge >= 0.3 is 5.97 Å². The number of halogens is 1. The highest BCUT2D eigenvalue weighted by molar-refractivity contribution is 6.08. The van der Waals surface area contributed by atoms with Crippen LogP contribution in [-0.2, 0) is 4.79 Å². The zero-order valence-electron chi connectivity index (χ0n) is 15.6. The summed E-state index contributed by atoms with van der Waals surface area (Å²) in [6.45, 7) is 0. The highest BCUT2D eigenvalue weighted by Crippen LogP contribution is 2.30. The third-order valence-corrected chi connectivity index (χ3v) is 4.55. The third-order valence-electron chi connectivity index (χ3n) is 4.55. The number of amides is 1. The number of fused-ring (bicyclic) bond motifs is 1. The van der Waals surface area contributed by atoms with E-state index in [0.29, 0.717) is 0 Å². The van der Waals surface area contributed by atoms with Crippen molar-refractivity contribution in [3.63, 3.8) is 0 Å². The Labute approximate surface area is 171 Å². The largest absolute Gasteiger partial charge is 0.477 e. The van der Waals surface area contributed by atoms with Crippen LogP contribution in [0.3, 0.4) is 0 Å². The molecule has 0 radical (unpaired) electrons. The number of benzene rings is 2. The fourth-order valence-electron chi connectivity index (χ4n) is 3.08. The summed E-state index contributed by atoms with van der Waals surface area (Å²) in [5, 5.41) is 18.9. The summed E-state index contributed by atoms with van der Waals surface area (Å²) in [5.74, 6) is -2.13. The topological polar surface area (TPSA) is 96.2 Å². The molecule has 1 aromatic heterocycles. The first-order chi connectivity index (χ1) is 14.5. The molecule has 0 aliphatic carbocycles. The molecular weight excluding hydrogens is 387 g/mol. The summed E-state index contributed by atoms with van der Waals surface area (Å²) in [4.78, 5) is 24.3. The van der Waals surface area contributed by atoms with Gasteiger partial charge in [0.05, 0.1) is 17.9 Å². The zero-order chi connectivity index (χ0) is 21.1. The fraction of sp³-hybridized carbons (Fsp3) is 0.0455. The normalized spacial score (nSPS) is 15.2. The predicted octanol–water partition coefficient (Wildman–Crippen LogP) is 3.92. The molecule has 2 aromatic carbocycles. The molecule has 1 atom stereocenters. The van der Waals surface area contributed by atoms with Crippen molar-refractivity contribution in [3.05, 3.63) is 95.6 Å². The first-order valence-corrected chi connectivity index (χ1v) is 9.11. The number of carbonyl (C=O) groups is 2. The number of rotatable bonds is 5. The molecule has 3 aromatic rings. The number of nitrogens with one attached hydrogen (secondary N) is 2. The molecule has 3 N–H and O–H groups in total. The van der Waals surface area contributed by atoms with Crippen molar-refractivity contribution in [1.29, 1.82) is 0 Å². The lowest BCUT2D eigenvalue weighted by atomic mass is 10.1. The number of carboxylic acid groups (broad SMARTS) is 1. The van der Waals surface area contributed by atoms with Crippen LogP contribution >= 0.6 is 0 Å². The second kappa shape index (κ2) is 8.04. The van der Waals surface area contributed by atoms with Gasteiger partial charge in [-0.1, -0.05) is 54.6 Å². The van der Waals surface area contributed by atoms with E-state index in [1.807, 2.05) is 36.4 Å². The van der Waals surface area contributed by atoms with E-state index in [4.69, 9.17) is 0 Å². The maximum Gasteiger partial charge on any atom is 0.352 e. The van der Waals surface area contributed by atoms with Crippen molar-refractivity contribution >= 4 is 29.5 Å². The van der Waals surface area contributed by atoms with Gasteiger partial charge in [0.1, 0.15) is 22.9 Å². The molecule has 1 amide bonds. The molecule has 1 aliphatic heterocycles. The monoisotopic (exact) mass is 404 g/mol. The van der Waals surface area contributed by atoms with Gasteiger partial charge in [-0.05, 0) is 23.8 Å². The van der Waals surface area contributed by atoms with E-state index in [0.717, 1.165) is 5.56 Å². The van der Waals surface area contributed by atoms with E-state index in [1.165, 1.54) is 35.2 Å². The highest BCUT2D eigenvalue weighted by Gasteiger charge is 2.27. The fourth-order valence-corrected chi connectivity index (χ4v) is 3.08. The van der Waals surface area contributed by atoms with Crippen LogP contribution in [-0.4, -0.2) is 26.8 Å². The number of hydrogen-bond acceptors (Lipinski definition) is 4. The minimum absolute atomic E-state index is 0.0211. The molecule has 2 heterocycles. The molecule has 7 nitrogen and oxygen atoms in total. The smallest absolute Gasteiger partial charge is 0.352 e. The molecule has 8 heteroatoms. The van der Waals surface area contributed by atoms with E-state index in [1.54, 1.807) is 12.1 Å². The Bertz CT molecular complexity index is 1170. The van der Waals surface area contributed by atoms with E-state index >= 15 is 0 Å². The average Bonchev–Trinajstić information content (AvgIpc) is 3.18. The minimum Gasteiger partial charge on any atom is -0.477 e. The third kappa shape index (κ3) is 3.83. The highest BCUT2D eigenvalue weighted by atomic mass is 19.1. The van der Waals surface area contributed by atoms with Crippen LogP contribution in [0.4, 0.5) is 15.9 Å². The Morgan fingerprint density at radius 2 is 1.87 bits per heavy atom. The van der Waals surface area contributed by atoms with Crippen LogP contribution in [0.25, 0.3) is 6.08 Å². The first-order valence-electron chi connectivity index (χ1n) is 9.11. The number of aromatic nitrogens is 2. The number of aliphatic carboxylic acids is 1. The van der Waals surface area contributed by atoms with Gasteiger partial charge in [-0.25, -0.2) is 13.9 Å². The summed E-state index contributed by atoms with van der Waals surface area (Å²) in [6, 6.07) is 14.8. The molecule has 0 saturated carbocycles. The number of hydrogen-bond donors (Lipinski definition) is 3. The Morgan fingerprint density at radius 3 is 2.60 bits per heavy atom. The van der Waals surface area contributed by atoms with Gasteiger partial charge in [-0.2, -0.15) is 5.10 Å². The molecule has 1 unspecified atom stereocenters. The minimum atomic E-state index is -1.17. The lowest BCUT2D eigenvalue weighted by molar-refractivity contribution is -0.132. The van der Waals surface area contributed by atoms with Crippen molar-refractivity contribution in [1.82, 2.24) is 9.78 Å². The SMILES string of the molecule is O=C(O)C1=CC(C=Cc2ccccc2)n2ncc(C(=O)Nc3ccccc3F)c2N1. The van der Waals surface area contributed by atoms with Crippen molar-refractivity contribution in [3.8, 4) is 0 Å². The van der Waals surface area contributed by atoms with Crippen molar-refractivity contribution in [2.75, 3.05) is 10.6 Å². The number of carboxylic acids is 1.